The van der Waals surface area contributed by atoms with E-state index in [-0.39, 0.29) is 23.9 Å². The fraction of sp³-hybridized carbons (Fsp3) is 0.381. The summed E-state index contributed by atoms with van der Waals surface area (Å²) in [6, 6.07) is 13.2. The summed E-state index contributed by atoms with van der Waals surface area (Å²) in [7, 11) is 0. The molecule has 1 N–H and O–H groups in total. The SMILES string of the molecule is C[C@]1(Cc2ccc3c(c2)OCO3)CCC(=O)N(Cc2ccc(O)cc2)C1. The normalized spacial score (nSPS) is 21.9. The number of phenols is 1. The molecule has 26 heavy (non-hydrogen) atoms. The van der Waals surface area contributed by atoms with Gasteiger partial charge in [0.2, 0.25) is 12.7 Å². The maximum absolute atomic E-state index is 12.4. The molecule has 0 radical (unpaired) electrons. The van der Waals surface area contributed by atoms with Crippen molar-refractivity contribution in [3.8, 4) is 17.2 Å². The van der Waals surface area contributed by atoms with Crippen molar-refractivity contribution in [3.05, 3.63) is 53.6 Å². The minimum atomic E-state index is 0.0263. The van der Waals surface area contributed by atoms with Gasteiger partial charge in [0.1, 0.15) is 5.75 Å². The lowest BCUT2D eigenvalue weighted by molar-refractivity contribution is -0.137. The van der Waals surface area contributed by atoms with Crippen LogP contribution in [0.25, 0.3) is 0 Å². The Balaban J connectivity index is 1.47. The fourth-order valence-corrected chi connectivity index (χ4v) is 3.85. The maximum Gasteiger partial charge on any atom is 0.231 e. The first-order valence-electron chi connectivity index (χ1n) is 8.95. The van der Waals surface area contributed by atoms with Crippen LogP contribution in [-0.2, 0) is 17.8 Å². The number of hydrogen-bond acceptors (Lipinski definition) is 4. The molecular weight excluding hydrogens is 330 g/mol. The highest BCUT2D eigenvalue weighted by atomic mass is 16.7. The topological polar surface area (TPSA) is 59.0 Å². The highest BCUT2D eigenvalue weighted by Crippen LogP contribution is 2.38. The van der Waals surface area contributed by atoms with Gasteiger partial charge in [-0.2, -0.15) is 0 Å². The Morgan fingerprint density at radius 2 is 1.81 bits per heavy atom. The van der Waals surface area contributed by atoms with Crippen molar-refractivity contribution in [2.24, 2.45) is 5.41 Å². The highest BCUT2D eigenvalue weighted by Gasteiger charge is 2.35. The van der Waals surface area contributed by atoms with Crippen LogP contribution in [0.5, 0.6) is 17.2 Å². The van der Waals surface area contributed by atoms with E-state index in [1.165, 1.54) is 5.56 Å². The fourth-order valence-electron chi connectivity index (χ4n) is 3.85. The van der Waals surface area contributed by atoms with Crippen molar-refractivity contribution >= 4 is 5.91 Å². The molecule has 1 fully saturated rings. The molecule has 2 aliphatic heterocycles. The van der Waals surface area contributed by atoms with Crippen LogP contribution in [0.2, 0.25) is 0 Å². The number of aromatic hydroxyl groups is 1. The summed E-state index contributed by atoms with van der Waals surface area (Å²) in [4.78, 5) is 14.3. The molecule has 0 aromatic heterocycles. The second kappa shape index (κ2) is 6.56. The second-order valence-corrected chi connectivity index (χ2v) is 7.59. The van der Waals surface area contributed by atoms with E-state index in [9.17, 15) is 9.90 Å². The summed E-state index contributed by atoms with van der Waals surface area (Å²) in [6.45, 7) is 3.83. The van der Waals surface area contributed by atoms with Gasteiger partial charge in [0.25, 0.3) is 0 Å². The van der Waals surface area contributed by atoms with E-state index >= 15 is 0 Å². The van der Waals surface area contributed by atoms with Crippen LogP contribution in [-0.4, -0.2) is 29.3 Å². The number of phenolic OH excluding ortho intramolecular Hbond substituents is 1. The van der Waals surface area contributed by atoms with Crippen molar-refractivity contribution in [1.82, 2.24) is 4.90 Å². The minimum absolute atomic E-state index is 0.0263. The molecule has 0 unspecified atom stereocenters. The molecule has 2 aromatic carbocycles. The van der Waals surface area contributed by atoms with E-state index in [2.05, 4.69) is 13.0 Å². The largest absolute Gasteiger partial charge is 0.508 e. The standard InChI is InChI=1S/C21H23NO4/c1-21(11-16-4-7-18-19(10-16)26-14-25-18)9-8-20(24)22(13-21)12-15-2-5-17(23)6-3-15/h2-7,10,23H,8-9,11-14H2,1H3/t21-/m1/s1. The van der Waals surface area contributed by atoms with Gasteiger partial charge >= 0.3 is 0 Å². The zero-order valence-corrected chi connectivity index (χ0v) is 14.9. The summed E-state index contributed by atoms with van der Waals surface area (Å²) >= 11 is 0. The smallest absolute Gasteiger partial charge is 0.231 e. The van der Waals surface area contributed by atoms with Gasteiger partial charge < -0.3 is 19.5 Å². The van der Waals surface area contributed by atoms with Crippen molar-refractivity contribution in [2.45, 2.75) is 32.7 Å². The first-order valence-corrected chi connectivity index (χ1v) is 8.95. The van der Waals surface area contributed by atoms with Crippen molar-refractivity contribution < 1.29 is 19.4 Å². The average molecular weight is 353 g/mol. The molecule has 136 valence electrons. The van der Waals surface area contributed by atoms with Crippen LogP contribution < -0.4 is 9.47 Å². The Morgan fingerprint density at radius 1 is 1.08 bits per heavy atom. The van der Waals surface area contributed by atoms with E-state index in [0.29, 0.717) is 13.0 Å². The van der Waals surface area contributed by atoms with Crippen LogP contribution >= 0.6 is 0 Å². The maximum atomic E-state index is 12.4. The van der Waals surface area contributed by atoms with Crippen LogP contribution in [0.1, 0.15) is 30.9 Å². The summed E-state index contributed by atoms with van der Waals surface area (Å²) in [5.74, 6) is 2.04. The van der Waals surface area contributed by atoms with Crippen LogP contribution in [0, 0.1) is 5.41 Å². The Labute approximate surface area is 153 Å². The van der Waals surface area contributed by atoms with Gasteiger partial charge in [-0.1, -0.05) is 25.1 Å². The zero-order chi connectivity index (χ0) is 18.1. The van der Waals surface area contributed by atoms with Gasteiger partial charge in [-0.3, -0.25) is 4.79 Å². The van der Waals surface area contributed by atoms with Crippen LogP contribution in [0.3, 0.4) is 0 Å². The van der Waals surface area contributed by atoms with Crippen molar-refractivity contribution in [3.63, 3.8) is 0 Å². The number of hydrogen-bond donors (Lipinski definition) is 1. The number of nitrogens with zero attached hydrogens (tertiary/aromatic N) is 1. The summed E-state index contributed by atoms with van der Waals surface area (Å²) in [6.07, 6.45) is 2.34. The van der Waals surface area contributed by atoms with Gasteiger partial charge in [-0.05, 0) is 53.6 Å². The van der Waals surface area contributed by atoms with E-state index < -0.39 is 0 Å². The zero-order valence-electron chi connectivity index (χ0n) is 14.9. The number of piperidine rings is 1. The molecule has 0 saturated carbocycles. The molecule has 1 amide bonds. The number of rotatable bonds is 4. The molecule has 0 spiro atoms. The molecule has 0 bridgehead atoms. The molecule has 2 heterocycles. The lowest BCUT2D eigenvalue weighted by Crippen LogP contribution is -2.45. The summed E-state index contributed by atoms with van der Waals surface area (Å²) < 4.78 is 10.9. The Kier molecular flexibility index (Phi) is 4.23. The third-order valence-electron chi connectivity index (χ3n) is 5.25. The van der Waals surface area contributed by atoms with Gasteiger partial charge in [0.05, 0.1) is 0 Å². The number of benzene rings is 2. The second-order valence-electron chi connectivity index (χ2n) is 7.59. The Bertz CT molecular complexity index is 817. The molecule has 5 heteroatoms. The number of fused-ring (bicyclic) bond motifs is 1. The monoisotopic (exact) mass is 353 g/mol. The first-order chi connectivity index (χ1) is 12.5. The van der Waals surface area contributed by atoms with Crippen LogP contribution in [0.4, 0.5) is 0 Å². The summed E-state index contributed by atoms with van der Waals surface area (Å²) in [5, 5.41) is 9.43. The molecule has 2 aliphatic rings. The number of ether oxygens (including phenoxy) is 2. The van der Waals surface area contributed by atoms with E-state index in [1.54, 1.807) is 12.1 Å². The van der Waals surface area contributed by atoms with Crippen molar-refractivity contribution in [1.29, 1.82) is 0 Å². The molecule has 2 aromatic rings. The van der Waals surface area contributed by atoms with Crippen LogP contribution in [0.15, 0.2) is 42.5 Å². The van der Waals surface area contributed by atoms with E-state index in [4.69, 9.17) is 9.47 Å². The Morgan fingerprint density at radius 3 is 2.62 bits per heavy atom. The predicted molar refractivity (Wildman–Crippen MR) is 97.1 cm³/mol. The molecule has 1 saturated heterocycles. The number of amides is 1. The lowest BCUT2D eigenvalue weighted by Gasteiger charge is -2.40. The summed E-state index contributed by atoms with van der Waals surface area (Å²) in [5.41, 5.74) is 2.26. The Hall–Kier alpha value is -2.69. The predicted octanol–water partition coefficient (Wildman–Crippen LogP) is 3.49. The van der Waals surface area contributed by atoms with E-state index in [1.807, 2.05) is 29.2 Å². The number of carbonyl (C=O) groups excluding carboxylic acids is 1. The number of carbonyl (C=O) groups is 1. The number of likely N-dealkylation sites (tertiary alicyclic amines) is 1. The average Bonchev–Trinajstić information content (AvgIpc) is 3.08. The van der Waals surface area contributed by atoms with Gasteiger partial charge in [-0.15, -0.1) is 0 Å². The third kappa shape index (κ3) is 3.47. The molecule has 1 atom stereocenters. The minimum Gasteiger partial charge on any atom is -0.508 e. The first kappa shape index (κ1) is 16.8. The molecule has 5 nitrogen and oxygen atoms in total. The quantitative estimate of drug-likeness (QED) is 0.914. The van der Waals surface area contributed by atoms with Gasteiger partial charge in [-0.25, -0.2) is 0 Å². The van der Waals surface area contributed by atoms with Gasteiger partial charge in [0, 0.05) is 19.5 Å². The molecule has 0 aliphatic carbocycles. The van der Waals surface area contributed by atoms with Crippen molar-refractivity contribution in [2.75, 3.05) is 13.3 Å². The molecule has 4 rings (SSSR count). The van der Waals surface area contributed by atoms with Gasteiger partial charge in [0.15, 0.2) is 11.5 Å². The van der Waals surface area contributed by atoms with E-state index in [0.717, 1.165) is 36.4 Å². The highest BCUT2D eigenvalue weighted by molar-refractivity contribution is 5.77. The molecular formula is C21H23NO4. The third-order valence-corrected chi connectivity index (χ3v) is 5.25. The lowest BCUT2D eigenvalue weighted by atomic mass is 9.76.